The van der Waals surface area contributed by atoms with Crippen LogP contribution in [0.1, 0.15) is 51.7 Å². The largest absolute Gasteiger partial charge is 0.464 e. The fourth-order valence-electron chi connectivity index (χ4n) is 3.89. The normalized spacial score (nSPS) is 15.4. The molecule has 166 valence electrons. The van der Waals surface area contributed by atoms with Crippen LogP contribution in [0.5, 0.6) is 0 Å². The maximum Gasteiger partial charge on any atom is 0.410 e. The molecule has 0 bridgehead atoms. The van der Waals surface area contributed by atoms with Crippen molar-refractivity contribution in [2.24, 2.45) is 5.92 Å². The highest BCUT2D eigenvalue weighted by Gasteiger charge is 2.39. The summed E-state index contributed by atoms with van der Waals surface area (Å²) in [6.45, 7) is 9.12. The zero-order chi connectivity index (χ0) is 22.5. The second-order valence-electron chi connectivity index (χ2n) is 9.37. The van der Waals surface area contributed by atoms with Crippen LogP contribution >= 0.6 is 0 Å². The minimum absolute atomic E-state index is 0.235. The zero-order valence-corrected chi connectivity index (χ0v) is 19.0. The number of esters is 1. The molecule has 0 N–H and O–H groups in total. The highest BCUT2D eigenvalue weighted by molar-refractivity contribution is 5.87. The molecule has 0 radical (unpaired) electrons. The maximum atomic E-state index is 13.3. The van der Waals surface area contributed by atoms with Gasteiger partial charge in [0.2, 0.25) is 0 Å². The van der Waals surface area contributed by atoms with E-state index in [4.69, 9.17) is 9.47 Å². The van der Waals surface area contributed by atoms with Crippen LogP contribution in [0.4, 0.5) is 4.79 Å². The summed E-state index contributed by atoms with van der Waals surface area (Å²) in [5.74, 6) is -0.0158. The fourth-order valence-corrected chi connectivity index (χ4v) is 3.89. The first-order chi connectivity index (χ1) is 14.7. The van der Waals surface area contributed by atoms with E-state index in [0.717, 1.165) is 24.0 Å². The molecule has 1 saturated heterocycles. The monoisotopic (exact) mass is 423 g/mol. The molecule has 2 aromatic rings. The predicted molar refractivity (Wildman–Crippen MR) is 121 cm³/mol. The minimum atomic E-state index is -0.875. The van der Waals surface area contributed by atoms with Gasteiger partial charge in [-0.2, -0.15) is 0 Å². The maximum absolute atomic E-state index is 13.3. The molecular weight excluding hydrogens is 390 g/mol. The Morgan fingerprint density at radius 3 is 1.81 bits per heavy atom. The molecule has 0 aromatic heterocycles. The zero-order valence-electron chi connectivity index (χ0n) is 19.0. The molecule has 0 saturated carbocycles. The highest BCUT2D eigenvalue weighted by Crippen LogP contribution is 2.34. The first-order valence-corrected chi connectivity index (χ1v) is 11.0. The Balaban J connectivity index is 1.62. The van der Waals surface area contributed by atoms with Crippen molar-refractivity contribution in [1.82, 2.24) is 4.90 Å². The van der Waals surface area contributed by atoms with Crippen LogP contribution in [0.15, 0.2) is 60.7 Å². The molecule has 3 rings (SSSR count). The van der Waals surface area contributed by atoms with Crippen molar-refractivity contribution < 1.29 is 19.1 Å². The van der Waals surface area contributed by atoms with Crippen molar-refractivity contribution in [2.75, 3.05) is 19.7 Å². The fraction of sp³-hybridized carbons (Fsp3) is 0.462. The van der Waals surface area contributed by atoms with E-state index in [1.807, 2.05) is 88.4 Å². The minimum Gasteiger partial charge on any atom is -0.464 e. The van der Waals surface area contributed by atoms with E-state index in [9.17, 15) is 9.59 Å². The van der Waals surface area contributed by atoms with Crippen LogP contribution in [0.2, 0.25) is 0 Å². The Bertz CT molecular complexity index is 826. The van der Waals surface area contributed by atoms with Gasteiger partial charge in [0, 0.05) is 13.1 Å². The number of hydrogen-bond donors (Lipinski definition) is 0. The first-order valence-electron chi connectivity index (χ1n) is 11.0. The molecule has 0 aliphatic carbocycles. The number of amides is 1. The Morgan fingerprint density at radius 1 is 0.871 bits per heavy atom. The van der Waals surface area contributed by atoms with Gasteiger partial charge in [0.15, 0.2) is 0 Å². The van der Waals surface area contributed by atoms with Crippen molar-refractivity contribution in [3.8, 4) is 0 Å². The summed E-state index contributed by atoms with van der Waals surface area (Å²) in [7, 11) is 0. The number of ether oxygens (including phenoxy) is 2. The predicted octanol–water partition coefficient (Wildman–Crippen LogP) is 5.18. The lowest BCUT2D eigenvalue weighted by atomic mass is 9.76. The van der Waals surface area contributed by atoms with E-state index in [1.165, 1.54) is 0 Å². The van der Waals surface area contributed by atoms with Gasteiger partial charge in [0.25, 0.3) is 0 Å². The molecule has 1 aliphatic heterocycles. The van der Waals surface area contributed by atoms with E-state index >= 15 is 0 Å². The SMILES string of the molecule is CC(C)(C)OC(=O)N1CCC(COC(=O)C(C)(c2ccccc2)c2ccccc2)CC1. The summed E-state index contributed by atoms with van der Waals surface area (Å²) in [5.41, 5.74) is 0.444. The van der Waals surface area contributed by atoms with Gasteiger partial charge in [-0.15, -0.1) is 0 Å². The molecule has 1 aliphatic rings. The van der Waals surface area contributed by atoms with Gasteiger partial charge in [-0.3, -0.25) is 4.79 Å². The van der Waals surface area contributed by atoms with E-state index in [1.54, 1.807) is 4.90 Å². The lowest BCUT2D eigenvalue weighted by Crippen LogP contribution is -2.43. The summed E-state index contributed by atoms with van der Waals surface area (Å²) in [6, 6.07) is 19.5. The van der Waals surface area contributed by atoms with Crippen LogP contribution < -0.4 is 0 Å². The van der Waals surface area contributed by atoms with Crippen molar-refractivity contribution in [1.29, 1.82) is 0 Å². The molecule has 2 aromatic carbocycles. The molecule has 0 atom stereocenters. The highest BCUT2D eigenvalue weighted by atomic mass is 16.6. The summed E-state index contributed by atoms with van der Waals surface area (Å²) in [6.07, 6.45) is 1.31. The van der Waals surface area contributed by atoms with Crippen LogP contribution in [0, 0.1) is 5.92 Å². The standard InChI is InChI=1S/C26H33NO4/c1-25(2,3)31-24(29)27-17-15-20(16-18-27)19-30-23(28)26(4,21-11-7-5-8-12-21)22-13-9-6-10-14-22/h5-14,20H,15-19H2,1-4H3. The van der Waals surface area contributed by atoms with E-state index in [-0.39, 0.29) is 18.0 Å². The Labute approximate surface area is 185 Å². The molecule has 5 nitrogen and oxygen atoms in total. The smallest absolute Gasteiger partial charge is 0.410 e. The number of benzene rings is 2. The Morgan fingerprint density at radius 2 is 1.35 bits per heavy atom. The second kappa shape index (κ2) is 9.54. The average molecular weight is 424 g/mol. The van der Waals surface area contributed by atoms with Gasteiger partial charge in [-0.25, -0.2) is 4.79 Å². The van der Waals surface area contributed by atoms with Gasteiger partial charge in [0.1, 0.15) is 11.0 Å². The summed E-state index contributed by atoms with van der Waals surface area (Å²) in [5, 5.41) is 0. The molecule has 1 fully saturated rings. The number of hydrogen-bond acceptors (Lipinski definition) is 4. The lowest BCUT2D eigenvalue weighted by molar-refractivity contribution is -0.150. The van der Waals surface area contributed by atoms with Crippen LogP contribution in [-0.4, -0.2) is 42.3 Å². The average Bonchev–Trinajstić information content (AvgIpc) is 2.77. The molecule has 0 unspecified atom stereocenters. The molecule has 0 spiro atoms. The number of carbonyl (C=O) groups is 2. The third-order valence-corrected chi connectivity index (χ3v) is 5.83. The van der Waals surface area contributed by atoms with Gasteiger partial charge >= 0.3 is 12.1 Å². The van der Waals surface area contributed by atoms with E-state index in [2.05, 4.69) is 0 Å². The molecular formula is C26H33NO4. The molecule has 1 amide bonds. The molecule has 31 heavy (non-hydrogen) atoms. The quantitative estimate of drug-likeness (QED) is 0.622. The van der Waals surface area contributed by atoms with Gasteiger partial charge in [0.05, 0.1) is 6.61 Å². The summed E-state index contributed by atoms with van der Waals surface area (Å²) in [4.78, 5) is 27.3. The third-order valence-electron chi connectivity index (χ3n) is 5.83. The van der Waals surface area contributed by atoms with Crippen molar-refractivity contribution in [3.05, 3.63) is 71.8 Å². The Hall–Kier alpha value is -2.82. The van der Waals surface area contributed by atoms with Gasteiger partial charge in [-0.1, -0.05) is 60.7 Å². The van der Waals surface area contributed by atoms with Crippen LogP contribution in [0.3, 0.4) is 0 Å². The number of carbonyl (C=O) groups excluding carboxylic acids is 2. The summed E-state index contributed by atoms with van der Waals surface area (Å²) >= 11 is 0. The van der Waals surface area contributed by atoms with Crippen LogP contribution in [0.25, 0.3) is 0 Å². The third kappa shape index (κ3) is 5.66. The number of piperidine rings is 1. The lowest BCUT2D eigenvalue weighted by Gasteiger charge is -2.34. The molecule has 5 heteroatoms. The van der Waals surface area contributed by atoms with Gasteiger partial charge in [-0.05, 0) is 57.6 Å². The number of rotatable bonds is 5. The van der Waals surface area contributed by atoms with Crippen molar-refractivity contribution >= 4 is 12.1 Å². The number of likely N-dealkylation sites (tertiary alicyclic amines) is 1. The van der Waals surface area contributed by atoms with Crippen molar-refractivity contribution in [3.63, 3.8) is 0 Å². The number of nitrogens with zero attached hydrogens (tertiary/aromatic N) is 1. The molecule has 1 heterocycles. The van der Waals surface area contributed by atoms with E-state index in [0.29, 0.717) is 19.7 Å². The Kier molecular flexibility index (Phi) is 7.04. The van der Waals surface area contributed by atoms with Crippen LogP contribution in [-0.2, 0) is 19.7 Å². The topological polar surface area (TPSA) is 55.8 Å². The van der Waals surface area contributed by atoms with Gasteiger partial charge < -0.3 is 14.4 Å². The van der Waals surface area contributed by atoms with E-state index < -0.39 is 11.0 Å². The van der Waals surface area contributed by atoms with Crippen molar-refractivity contribution in [2.45, 2.75) is 51.6 Å². The summed E-state index contributed by atoms with van der Waals surface area (Å²) < 4.78 is 11.3. The first kappa shape index (κ1) is 22.9. The second-order valence-corrected chi connectivity index (χ2v) is 9.37.